The Balaban J connectivity index is 1.68. The summed E-state index contributed by atoms with van der Waals surface area (Å²) in [7, 11) is 0. The minimum absolute atomic E-state index is 0.165. The van der Waals surface area contributed by atoms with Crippen LogP contribution in [0.5, 0.6) is 0 Å². The van der Waals surface area contributed by atoms with Gasteiger partial charge >= 0.3 is 0 Å². The fraction of sp³-hybridized carbons (Fsp3) is 0.278. The van der Waals surface area contributed by atoms with E-state index >= 15 is 0 Å². The van der Waals surface area contributed by atoms with Crippen LogP contribution in [0, 0.1) is 20.8 Å². The molecule has 0 spiro atoms. The van der Waals surface area contributed by atoms with Gasteiger partial charge in [-0.05, 0) is 49.7 Å². The van der Waals surface area contributed by atoms with Crippen LogP contribution in [0.3, 0.4) is 0 Å². The van der Waals surface area contributed by atoms with Gasteiger partial charge in [0.2, 0.25) is 0 Å². The molecule has 2 heterocycles. The molecule has 0 radical (unpaired) electrons. The predicted molar refractivity (Wildman–Crippen MR) is 99.2 cm³/mol. The molecule has 0 bridgehead atoms. The molecule has 0 fully saturated rings. The molecule has 0 aliphatic carbocycles. The number of rotatable bonds is 6. The van der Waals surface area contributed by atoms with E-state index in [9.17, 15) is 4.79 Å². The van der Waals surface area contributed by atoms with Gasteiger partial charge in [-0.3, -0.25) is 4.79 Å². The zero-order chi connectivity index (χ0) is 18.5. The standard InChI is InChI=1S/C18H20N6OS/c1-12-6-7-16(13(2)11-12)26-18-15(5-4-8-20-18)17(25)19-9-10-24-22-14(3)21-23-24/h4-8,11H,9-10H2,1-3H3,(H,19,25). The fourth-order valence-corrected chi connectivity index (χ4v) is 3.39. The lowest BCUT2D eigenvalue weighted by molar-refractivity contribution is 0.0947. The van der Waals surface area contributed by atoms with E-state index in [0.29, 0.717) is 29.5 Å². The largest absolute Gasteiger partial charge is 0.350 e. The van der Waals surface area contributed by atoms with Crippen LogP contribution in [-0.4, -0.2) is 37.6 Å². The van der Waals surface area contributed by atoms with Gasteiger partial charge in [0, 0.05) is 17.6 Å². The second kappa shape index (κ2) is 8.09. The third kappa shape index (κ3) is 4.45. The number of tetrazole rings is 1. The Morgan fingerprint density at radius 1 is 1.23 bits per heavy atom. The van der Waals surface area contributed by atoms with E-state index < -0.39 is 0 Å². The van der Waals surface area contributed by atoms with E-state index in [-0.39, 0.29) is 5.91 Å². The predicted octanol–water partition coefficient (Wildman–Crippen LogP) is 2.57. The van der Waals surface area contributed by atoms with Gasteiger partial charge in [-0.2, -0.15) is 4.80 Å². The number of hydrogen-bond acceptors (Lipinski definition) is 6. The second-order valence-corrected chi connectivity index (χ2v) is 6.95. The smallest absolute Gasteiger partial charge is 0.254 e. The lowest BCUT2D eigenvalue weighted by atomic mass is 10.2. The summed E-state index contributed by atoms with van der Waals surface area (Å²) in [4.78, 5) is 19.5. The van der Waals surface area contributed by atoms with E-state index in [0.717, 1.165) is 4.90 Å². The van der Waals surface area contributed by atoms with Crippen LogP contribution < -0.4 is 5.32 Å². The summed E-state index contributed by atoms with van der Waals surface area (Å²) in [5, 5.41) is 15.4. The Labute approximate surface area is 156 Å². The SMILES string of the molecule is Cc1ccc(Sc2ncccc2C(=O)NCCn2nnc(C)n2)c(C)c1. The highest BCUT2D eigenvalue weighted by molar-refractivity contribution is 7.99. The highest BCUT2D eigenvalue weighted by Crippen LogP contribution is 2.31. The molecule has 7 nitrogen and oxygen atoms in total. The van der Waals surface area contributed by atoms with Gasteiger partial charge < -0.3 is 5.32 Å². The summed E-state index contributed by atoms with van der Waals surface area (Å²) in [6, 6.07) is 9.79. The van der Waals surface area contributed by atoms with Gasteiger partial charge in [-0.1, -0.05) is 29.5 Å². The quantitative estimate of drug-likeness (QED) is 0.720. The number of aromatic nitrogens is 5. The van der Waals surface area contributed by atoms with Crippen molar-refractivity contribution in [3.8, 4) is 0 Å². The van der Waals surface area contributed by atoms with E-state index in [4.69, 9.17) is 0 Å². The van der Waals surface area contributed by atoms with Crippen molar-refractivity contribution in [1.82, 2.24) is 30.5 Å². The number of nitrogens with zero attached hydrogens (tertiary/aromatic N) is 5. The first-order valence-electron chi connectivity index (χ1n) is 8.25. The van der Waals surface area contributed by atoms with Gasteiger partial charge in [0.25, 0.3) is 5.91 Å². The van der Waals surface area contributed by atoms with Gasteiger partial charge in [-0.25, -0.2) is 4.98 Å². The van der Waals surface area contributed by atoms with Crippen molar-refractivity contribution < 1.29 is 4.79 Å². The van der Waals surface area contributed by atoms with Crippen LogP contribution in [0.25, 0.3) is 0 Å². The summed E-state index contributed by atoms with van der Waals surface area (Å²) < 4.78 is 0. The average Bonchev–Trinajstić information content (AvgIpc) is 3.03. The minimum Gasteiger partial charge on any atom is -0.350 e. The van der Waals surface area contributed by atoms with Crippen LogP contribution in [0.2, 0.25) is 0 Å². The highest BCUT2D eigenvalue weighted by Gasteiger charge is 2.14. The molecule has 0 aliphatic heterocycles. The molecule has 1 amide bonds. The van der Waals surface area contributed by atoms with Crippen LogP contribution in [0.15, 0.2) is 46.5 Å². The molecule has 3 aromatic rings. The van der Waals surface area contributed by atoms with Crippen LogP contribution in [0.4, 0.5) is 0 Å². The normalized spacial score (nSPS) is 10.7. The van der Waals surface area contributed by atoms with Crippen LogP contribution in [0.1, 0.15) is 27.3 Å². The molecule has 0 saturated carbocycles. The lowest BCUT2D eigenvalue weighted by Crippen LogP contribution is -2.28. The van der Waals surface area contributed by atoms with E-state index in [1.54, 1.807) is 25.3 Å². The van der Waals surface area contributed by atoms with E-state index in [1.807, 2.05) is 0 Å². The summed E-state index contributed by atoms with van der Waals surface area (Å²) in [5.41, 5.74) is 2.93. The molecule has 0 saturated heterocycles. The highest BCUT2D eigenvalue weighted by atomic mass is 32.2. The molecule has 2 aromatic heterocycles. The molecule has 0 aliphatic rings. The average molecular weight is 368 g/mol. The minimum atomic E-state index is -0.165. The monoisotopic (exact) mass is 368 g/mol. The molecular weight excluding hydrogens is 348 g/mol. The maximum absolute atomic E-state index is 12.6. The van der Waals surface area contributed by atoms with Crippen LogP contribution >= 0.6 is 11.8 Å². The Hall–Kier alpha value is -2.74. The Morgan fingerprint density at radius 3 is 2.81 bits per heavy atom. The Morgan fingerprint density at radius 2 is 2.08 bits per heavy atom. The molecule has 26 heavy (non-hydrogen) atoms. The molecule has 1 N–H and O–H groups in total. The third-order valence-electron chi connectivity index (χ3n) is 3.70. The zero-order valence-corrected chi connectivity index (χ0v) is 15.7. The van der Waals surface area contributed by atoms with Crippen LogP contribution in [-0.2, 0) is 6.54 Å². The molecular formula is C18H20N6OS. The summed E-state index contributed by atoms with van der Waals surface area (Å²) in [6.45, 7) is 6.77. The molecule has 0 atom stereocenters. The molecule has 3 rings (SSSR count). The Kier molecular flexibility index (Phi) is 5.62. The van der Waals surface area contributed by atoms with E-state index in [1.165, 1.54) is 27.7 Å². The molecule has 134 valence electrons. The second-order valence-electron chi connectivity index (χ2n) is 5.92. The number of nitrogens with one attached hydrogen (secondary N) is 1. The zero-order valence-electron chi connectivity index (χ0n) is 14.9. The number of hydrogen-bond donors (Lipinski definition) is 1. The summed E-state index contributed by atoms with van der Waals surface area (Å²) in [6.07, 6.45) is 1.70. The number of benzene rings is 1. The van der Waals surface area contributed by atoms with Crippen molar-refractivity contribution >= 4 is 17.7 Å². The number of carbonyl (C=O) groups excluding carboxylic acids is 1. The van der Waals surface area contributed by atoms with Gasteiger partial charge in [0.05, 0.1) is 12.1 Å². The van der Waals surface area contributed by atoms with E-state index in [2.05, 4.69) is 57.8 Å². The van der Waals surface area contributed by atoms with Crippen molar-refractivity contribution in [2.75, 3.05) is 6.54 Å². The number of amides is 1. The van der Waals surface area contributed by atoms with Crippen molar-refractivity contribution in [3.05, 3.63) is 59.0 Å². The maximum atomic E-state index is 12.6. The molecule has 8 heteroatoms. The van der Waals surface area contributed by atoms with Crippen molar-refractivity contribution in [2.24, 2.45) is 0 Å². The maximum Gasteiger partial charge on any atom is 0.254 e. The first-order chi connectivity index (χ1) is 12.5. The topological polar surface area (TPSA) is 85.6 Å². The van der Waals surface area contributed by atoms with Crippen molar-refractivity contribution in [2.45, 2.75) is 37.2 Å². The van der Waals surface area contributed by atoms with Gasteiger partial charge in [0.1, 0.15) is 5.03 Å². The lowest BCUT2D eigenvalue weighted by Gasteiger charge is -2.10. The van der Waals surface area contributed by atoms with Crippen molar-refractivity contribution in [3.63, 3.8) is 0 Å². The van der Waals surface area contributed by atoms with Gasteiger partial charge in [-0.15, -0.1) is 10.2 Å². The first-order valence-corrected chi connectivity index (χ1v) is 9.07. The molecule has 1 aromatic carbocycles. The van der Waals surface area contributed by atoms with Crippen molar-refractivity contribution in [1.29, 1.82) is 0 Å². The summed E-state index contributed by atoms with van der Waals surface area (Å²) >= 11 is 1.50. The third-order valence-corrected chi connectivity index (χ3v) is 4.90. The fourth-order valence-electron chi connectivity index (χ4n) is 2.45. The molecule has 0 unspecified atom stereocenters. The Bertz CT molecular complexity index is 924. The van der Waals surface area contributed by atoms with Gasteiger partial charge in [0.15, 0.2) is 5.82 Å². The number of carbonyl (C=O) groups is 1. The summed E-state index contributed by atoms with van der Waals surface area (Å²) in [5.74, 6) is 0.443. The number of pyridine rings is 1. The number of aryl methyl sites for hydroxylation is 3. The first kappa shape index (κ1) is 18.1.